The molecule has 5 nitrogen and oxygen atoms in total. The molecule has 0 bridgehead atoms. The number of guanidine groups is 1. The molecule has 28 heavy (non-hydrogen) atoms. The number of hydrogen-bond donors (Lipinski definition) is 1. The minimum Gasteiger partial charge on any atom is -0.357 e. The van der Waals surface area contributed by atoms with E-state index in [0.29, 0.717) is 24.1 Å². The molecule has 0 saturated carbocycles. The smallest absolute Gasteiger partial charge is 0.193 e. The first-order valence-corrected chi connectivity index (χ1v) is 12.7. The van der Waals surface area contributed by atoms with Crippen LogP contribution in [0.1, 0.15) is 32.8 Å². The Bertz CT molecular complexity index is 697. The number of aliphatic imine (C=N–C) groups is 1. The Morgan fingerprint density at radius 1 is 1.32 bits per heavy atom. The van der Waals surface area contributed by atoms with E-state index in [9.17, 15) is 8.42 Å². The van der Waals surface area contributed by atoms with E-state index >= 15 is 0 Å². The molecule has 1 heterocycles. The normalized spacial score (nSPS) is 18.1. The van der Waals surface area contributed by atoms with Gasteiger partial charge in [0, 0.05) is 37.2 Å². The molecule has 1 fully saturated rings. The van der Waals surface area contributed by atoms with Gasteiger partial charge in [-0.3, -0.25) is 4.99 Å². The van der Waals surface area contributed by atoms with Crippen molar-refractivity contribution in [1.82, 2.24) is 10.2 Å². The minimum atomic E-state index is -3.10. The standard InChI is InChI=1S/C20H33N3O2S2.HI/c1-4-21-20(23-12-13-26-19(15-23)17(2)3)22-11-8-14-27(24,25)16-18-9-6-5-7-10-18;/h5-7,9-10,17,19H,4,8,11-16H2,1-3H3,(H,21,22);1H. The summed E-state index contributed by atoms with van der Waals surface area (Å²) in [4.78, 5) is 7.02. The van der Waals surface area contributed by atoms with Crippen LogP contribution in [-0.4, -0.2) is 62.2 Å². The molecular weight excluding hydrogens is 505 g/mol. The number of benzene rings is 1. The van der Waals surface area contributed by atoms with Crippen LogP contribution in [-0.2, 0) is 15.6 Å². The van der Waals surface area contributed by atoms with E-state index in [1.807, 2.05) is 42.1 Å². The summed E-state index contributed by atoms with van der Waals surface area (Å²) in [5.74, 6) is 2.96. The van der Waals surface area contributed by atoms with Crippen molar-refractivity contribution in [1.29, 1.82) is 0 Å². The lowest BCUT2D eigenvalue weighted by Crippen LogP contribution is -2.49. The van der Waals surface area contributed by atoms with Gasteiger partial charge in [-0.1, -0.05) is 44.2 Å². The number of nitrogens with one attached hydrogen (secondary N) is 1. The fourth-order valence-electron chi connectivity index (χ4n) is 3.07. The van der Waals surface area contributed by atoms with Gasteiger partial charge in [0.05, 0.1) is 11.5 Å². The van der Waals surface area contributed by atoms with Gasteiger partial charge in [0.1, 0.15) is 0 Å². The SMILES string of the molecule is CCNC(=NCCCS(=O)(=O)Cc1ccccc1)N1CCSC(C(C)C)C1.I. The van der Waals surface area contributed by atoms with Gasteiger partial charge in [-0.05, 0) is 24.8 Å². The molecule has 0 radical (unpaired) electrons. The number of thioether (sulfide) groups is 1. The number of sulfone groups is 1. The van der Waals surface area contributed by atoms with Crippen LogP contribution in [0.5, 0.6) is 0 Å². The van der Waals surface area contributed by atoms with Gasteiger partial charge in [0.25, 0.3) is 0 Å². The van der Waals surface area contributed by atoms with E-state index in [-0.39, 0.29) is 35.5 Å². The highest BCUT2D eigenvalue weighted by molar-refractivity contribution is 14.0. The van der Waals surface area contributed by atoms with Gasteiger partial charge in [-0.15, -0.1) is 24.0 Å². The predicted octanol–water partition coefficient (Wildman–Crippen LogP) is 3.65. The van der Waals surface area contributed by atoms with Crippen LogP contribution in [0.4, 0.5) is 0 Å². The average molecular weight is 540 g/mol. The van der Waals surface area contributed by atoms with Gasteiger partial charge < -0.3 is 10.2 Å². The van der Waals surface area contributed by atoms with Crippen molar-refractivity contribution < 1.29 is 8.42 Å². The van der Waals surface area contributed by atoms with E-state index in [1.54, 1.807) is 0 Å². The molecule has 1 atom stereocenters. The fraction of sp³-hybridized carbons (Fsp3) is 0.650. The fourth-order valence-corrected chi connectivity index (χ4v) is 5.78. The van der Waals surface area contributed by atoms with Crippen molar-refractivity contribution >= 4 is 51.5 Å². The van der Waals surface area contributed by atoms with Crippen molar-refractivity contribution in [3.63, 3.8) is 0 Å². The predicted molar refractivity (Wildman–Crippen MR) is 133 cm³/mol. The van der Waals surface area contributed by atoms with Gasteiger partial charge in [-0.2, -0.15) is 11.8 Å². The van der Waals surface area contributed by atoms with Gasteiger partial charge in [0.2, 0.25) is 0 Å². The van der Waals surface area contributed by atoms with Crippen molar-refractivity contribution in [3.05, 3.63) is 35.9 Å². The average Bonchev–Trinajstić information content (AvgIpc) is 2.65. The van der Waals surface area contributed by atoms with E-state index in [2.05, 4.69) is 31.0 Å². The summed E-state index contributed by atoms with van der Waals surface area (Å²) in [5, 5.41) is 3.99. The Labute approximate surface area is 192 Å². The molecule has 160 valence electrons. The summed E-state index contributed by atoms with van der Waals surface area (Å²) in [7, 11) is -3.10. The lowest BCUT2D eigenvalue weighted by Gasteiger charge is -2.36. The summed E-state index contributed by atoms with van der Waals surface area (Å²) < 4.78 is 24.6. The van der Waals surface area contributed by atoms with Crippen molar-refractivity contribution in [2.24, 2.45) is 10.9 Å². The summed E-state index contributed by atoms with van der Waals surface area (Å²) in [6.45, 7) is 9.95. The summed E-state index contributed by atoms with van der Waals surface area (Å²) in [5.41, 5.74) is 0.847. The van der Waals surface area contributed by atoms with E-state index < -0.39 is 9.84 Å². The molecule has 0 spiro atoms. The lowest BCUT2D eigenvalue weighted by molar-refractivity contribution is 0.381. The highest BCUT2D eigenvalue weighted by Gasteiger charge is 2.24. The zero-order valence-electron chi connectivity index (χ0n) is 17.1. The minimum absolute atomic E-state index is 0. The van der Waals surface area contributed by atoms with Gasteiger partial charge in [0.15, 0.2) is 15.8 Å². The molecular formula is C20H34IN3O2S2. The maximum Gasteiger partial charge on any atom is 0.193 e. The highest BCUT2D eigenvalue weighted by atomic mass is 127. The van der Waals surface area contributed by atoms with Crippen molar-refractivity contribution in [2.75, 3.05) is 37.7 Å². The number of halogens is 1. The molecule has 0 aliphatic carbocycles. The van der Waals surface area contributed by atoms with E-state index in [4.69, 9.17) is 4.99 Å². The van der Waals surface area contributed by atoms with Crippen LogP contribution in [0.3, 0.4) is 0 Å². The molecule has 1 saturated heterocycles. The summed E-state index contributed by atoms with van der Waals surface area (Å²) in [6, 6.07) is 9.37. The zero-order chi connectivity index (χ0) is 19.7. The number of rotatable bonds is 8. The second-order valence-electron chi connectivity index (χ2n) is 7.27. The van der Waals surface area contributed by atoms with Crippen LogP contribution in [0.15, 0.2) is 35.3 Å². The first-order valence-electron chi connectivity index (χ1n) is 9.80. The van der Waals surface area contributed by atoms with Crippen LogP contribution < -0.4 is 5.32 Å². The third-order valence-corrected chi connectivity index (χ3v) is 7.80. The Hall–Kier alpha value is -0.480. The second-order valence-corrected chi connectivity index (χ2v) is 10.8. The Morgan fingerprint density at radius 3 is 2.68 bits per heavy atom. The monoisotopic (exact) mass is 539 g/mol. The second kappa shape index (κ2) is 13.0. The van der Waals surface area contributed by atoms with E-state index in [1.165, 1.54) is 0 Å². The quantitative estimate of drug-likeness (QED) is 0.237. The first-order chi connectivity index (χ1) is 12.9. The molecule has 1 aliphatic rings. The van der Waals surface area contributed by atoms with Crippen molar-refractivity contribution in [2.45, 2.75) is 38.2 Å². The van der Waals surface area contributed by atoms with Crippen LogP contribution in [0.2, 0.25) is 0 Å². The summed E-state index contributed by atoms with van der Waals surface area (Å²) in [6.07, 6.45) is 0.556. The maximum absolute atomic E-state index is 12.3. The third-order valence-electron chi connectivity index (χ3n) is 4.58. The largest absolute Gasteiger partial charge is 0.357 e. The van der Waals surface area contributed by atoms with Gasteiger partial charge >= 0.3 is 0 Å². The molecule has 1 aliphatic heterocycles. The molecule has 0 amide bonds. The topological polar surface area (TPSA) is 61.8 Å². The Morgan fingerprint density at radius 2 is 2.04 bits per heavy atom. The van der Waals surface area contributed by atoms with E-state index in [0.717, 1.165) is 36.9 Å². The molecule has 1 aromatic carbocycles. The van der Waals surface area contributed by atoms with Crippen LogP contribution in [0, 0.1) is 5.92 Å². The van der Waals surface area contributed by atoms with Crippen molar-refractivity contribution in [3.8, 4) is 0 Å². The molecule has 0 aromatic heterocycles. The molecule has 1 N–H and O–H groups in total. The zero-order valence-corrected chi connectivity index (χ0v) is 21.1. The number of nitrogens with zero attached hydrogens (tertiary/aromatic N) is 2. The molecule has 8 heteroatoms. The van der Waals surface area contributed by atoms with Crippen LogP contribution >= 0.6 is 35.7 Å². The highest BCUT2D eigenvalue weighted by Crippen LogP contribution is 2.24. The first kappa shape index (κ1) is 25.6. The third kappa shape index (κ3) is 8.90. The van der Waals surface area contributed by atoms with Gasteiger partial charge in [-0.25, -0.2) is 8.42 Å². The maximum atomic E-state index is 12.3. The summed E-state index contributed by atoms with van der Waals surface area (Å²) >= 11 is 2.04. The lowest BCUT2D eigenvalue weighted by atomic mass is 10.1. The number of hydrogen-bond acceptors (Lipinski definition) is 4. The molecule has 2 rings (SSSR count). The molecule has 1 unspecified atom stereocenters. The molecule has 1 aromatic rings. The van der Waals surface area contributed by atoms with Crippen LogP contribution in [0.25, 0.3) is 0 Å². The Balaban J connectivity index is 0.00000392. The Kier molecular flexibility index (Phi) is 11.8.